The summed E-state index contributed by atoms with van der Waals surface area (Å²) in [6.45, 7) is 13.4. The van der Waals surface area contributed by atoms with Crippen LogP contribution in [0.25, 0.3) is 55.0 Å². The number of ether oxygens (including phenoxy) is 2. The van der Waals surface area contributed by atoms with Gasteiger partial charge in [-0.2, -0.15) is 0 Å². The van der Waals surface area contributed by atoms with E-state index in [0.717, 1.165) is 72.1 Å². The van der Waals surface area contributed by atoms with E-state index < -0.39 is 0 Å². The first kappa shape index (κ1) is 31.2. The highest BCUT2D eigenvalue weighted by Gasteiger charge is 2.43. The van der Waals surface area contributed by atoms with Gasteiger partial charge in [-0.15, -0.1) is 0 Å². The van der Waals surface area contributed by atoms with Crippen LogP contribution in [0.4, 0.5) is 0 Å². The van der Waals surface area contributed by atoms with Crippen molar-refractivity contribution in [1.82, 2.24) is 9.13 Å². The van der Waals surface area contributed by atoms with Crippen LogP contribution in [0.5, 0.6) is 23.0 Å². The SMILES string of the molecule is [2H]c1cc2c3c(c1)Oc1c(cc4c(c1-n1c5ccccc5c5ccccc51)c1ccccc1n4-c1ccc(C(C)(C)C)cc1)B3c1cc(C(C)(C)C)ccc1O2. The van der Waals surface area contributed by atoms with Crippen LogP contribution >= 0.6 is 0 Å². The number of hydrogen-bond acceptors (Lipinski definition) is 2. The molecule has 0 radical (unpaired) electrons. The quantitative estimate of drug-likeness (QED) is 0.167. The number of para-hydroxylation sites is 3. The summed E-state index contributed by atoms with van der Waals surface area (Å²) in [7, 11) is 0. The largest absolute Gasteiger partial charge is 0.458 e. The third-order valence-electron chi connectivity index (χ3n) is 11.9. The first-order valence-corrected chi connectivity index (χ1v) is 19.3. The van der Waals surface area contributed by atoms with Crippen LogP contribution in [0.3, 0.4) is 0 Å². The predicted octanol–water partition coefficient (Wildman–Crippen LogP) is 11.2. The lowest BCUT2D eigenvalue weighted by Crippen LogP contribution is -2.57. The number of nitrogens with zero attached hydrogens (tertiary/aromatic N) is 2. The number of benzene rings is 7. The van der Waals surface area contributed by atoms with Gasteiger partial charge < -0.3 is 18.6 Å². The molecule has 266 valence electrons. The standard InChI is InChI=1S/C50H41BN2O2/c1-49(2,3)30-22-25-32(26-23-30)52-40-19-12-9-16-35(40)45-41(52)29-37-48(47(45)53-38-17-10-7-14-33(38)34-15-8-11-18-39(34)53)55-44-21-13-20-43-46(44)51(37)36-28-31(50(4,5)6)24-27-42(36)54-43/h7-29H,1-6H3/i13D. The van der Waals surface area contributed by atoms with Crippen LogP contribution < -0.4 is 25.9 Å². The summed E-state index contributed by atoms with van der Waals surface area (Å²) in [6, 6.07) is 48.3. The van der Waals surface area contributed by atoms with E-state index in [0.29, 0.717) is 17.5 Å². The molecule has 7 aromatic carbocycles. The lowest BCUT2D eigenvalue weighted by molar-refractivity contribution is 0.463. The van der Waals surface area contributed by atoms with Crippen molar-refractivity contribution < 1.29 is 10.8 Å². The monoisotopic (exact) mass is 713 g/mol. The van der Waals surface area contributed by atoms with Crippen molar-refractivity contribution in [3.63, 3.8) is 0 Å². The second-order valence-corrected chi connectivity index (χ2v) is 17.3. The number of hydrogen-bond donors (Lipinski definition) is 0. The van der Waals surface area contributed by atoms with E-state index in [9.17, 15) is 0 Å². The highest BCUT2D eigenvalue weighted by atomic mass is 16.5. The van der Waals surface area contributed by atoms with Crippen molar-refractivity contribution in [1.29, 1.82) is 0 Å². The first-order valence-electron chi connectivity index (χ1n) is 19.8. The summed E-state index contributed by atoms with van der Waals surface area (Å²) in [5.74, 6) is 2.96. The van der Waals surface area contributed by atoms with Gasteiger partial charge in [0, 0.05) is 32.7 Å². The van der Waals surface area contributed by atoms with Gasteiger partial charge >= 0.3 is 0 Å². The highest BCUT2D eigenvalue weighted by Crippen LogP contribution is 2.46. The molecule has 0 unspecified atom stereocenters. The molecule has 0 bridgehead atoms. The van der Waals surface area contributed by atoms with Crippen LogP contribution in [0.2, 0.25) is 0 Å². The van der Waals surface area contributed by atoms with Gasteiger partial charge in [0.05, 0.1) is 29.1 Å². The molecule has 0 amide bonds. The summed E-state index contributed by atoms with van der Waals surface area (Å²) in [5, 5.41) is 4.64. The van der Waals surface area contributed by atoms with Gasteiger partial charge in [-0.3, -0.25) is 0 Å². The van der Waals surface area contributed by atoms with E-state index in [1.807, 2.05) is 12.1 Å². The van der Waals surface area contributed by atoms with E-state index in [1.54, 1.807) is 0 Å². The fourth-order valence-electron chi connectivity index (χ4n) is 9.16. The van der Waals surface area contributed by atoms with Crippen molar-refractivity contribution in [2.24, 2.45) is 0 Å². The molecule has 2 aliphatic rings. The van der Waals surface area contributed by atoms with E-state index in [2.05, 4.69) is 172 Å². The van der Waals surface area contributed by atoms with E-state index in [-0.39, 0.29) is 17.5 Å². The average molecular weight is 714 g/mol. The van der Waals surface area contributed by atoms with Crippen LogP contribution in [-0.4, -0.2) is 15.8 Å². The Morgan fingerprint density at radius 1 is 0.509 bits per heavy atom. The molecular formula is C50H41BN2O2. The number of aromatic nitrogens is 2. The summed E-state index contributed by atoms with van der Waals surface area (Å²) >= 11 is 0. The number of fused-ring (bicyclic) bond motifs is 10. The Morgan fingerprint density at radius 2 is 1.07 bits per heavy atom. The molecule has 0 saturated carbocycles. The zero-order chi connectivity index (χ0) is 38.2. The summed E-state index contributed by atoms with van der Waals surface area (Å²) in [6.07, 6.45) is 0. The maximum Gasteiger partial charge on any atom is 0.260 e. The molecule has 2 aromatic heterocycles. The van der Waals surface area contributed by atoms with Crippen molar-refractivity contribution in [3.8, 4) is 34.4 Å². The molecule has 5 heteroatoms. The Kier molecular flexibility index (Phi) is 6.34. The third-order valence-corrected chi connectivity index (χ3v) is 11.9. The van der Waals surface area contributed by atoms with Gasteiger partial charge in [-0.25, -0.2) is 0 Å². The molecule has 4 nitrogen and oxygen atoms in total. The van der Waals surface area contributed by atoms with Crippen molar-refractivity contribution >= 4 is 66.7 Å². The Hall–Kier alpha value is -6.20. The molecule has 55 heavy (non-hydrogen) atoms. The summed E-state index contributed by atoms with van der Waals surface area (Å²) in [5.41, 5.74) is 12.2. The van der Waals surface area contributed by atoms with Crippen molar-refractivity contribution in [2.45, 2.75) is 52.4 Å². The van der Waals surface area contributed by atoms with E-state index in [1.165, 1.54) is 21.9 Å². The van der Waals surface area contributed by atoms with Gasteiger partial charge in [0.25, 0.3) is 6.71 Å². The molecular weight excluding hydrogens is 671 g/mol. The fourth-order valence-corrected chi connectivity index (χ4v) is 9.16. The molecule has 0 fully saturated rings. The van der Waals surface area contributed by atoms with Crippen LogP contribution in [-0.2, 0) is 10.8 Å². The van der Waals surface area contributed by atoms with Gasteiger partial charge in [0.2, 0.25) is 0 Å². The van der Waals surface area contributed by atoms with E-state index in [4.69, 9.17) is 10.8 Å². The van der Waals surface area contributed by atoms with Crippen LogP contribution in [0.15, 0.2) is 140 Å². The van der Waals surface area contributed by atoms with E-state index >= 15 is 0 Å². The first-order chi connectivity index (χ1) is 27.0. The lowest BCUT2D eigenvalue weighted by Gasteiger charge is -2.35. The zero-order valence-corrected chi connectivity index (χ0v) is 32.0. The minimum atomic E-state index is -0.193. The van der Waals surface area contributed by atoms with Crippen molar-refractivity contribution in [2.75, 3.05) is 0 Å². The molecule has 0 aliphatic carbocycles. The second-order valence-electron chi connectivity index (χ2n) is 17.3. The number of rotatable bonds is 2. The minimum Gasteiger partial charge on any atom is -0.458 e. The molecule has 0 atom stereocenters. The smallest absolute Gasteiger partial charge is 0.260 e. The Bertz CT molecular complexity index is 3070. The molecule has 11 rings (SSSR count). The maximum atomic E-state index is 8.88. The minimum absolute atomic E-state index is 0.0336. The summed E-state index contributed by atoms with van der Waals surface area (Å²) < 4.78 is 27.7. The summed E-state index contributed by atoms with van der Waals surface area (Å²) in [4.78, 5) is 0. The molecule has 0 spiro atoms. The molecule has 0 N–H and O–H groups in total. The highest BCUT2D eigenvalue weighted by molar-refractivity contribution is 6.98. The van der Waals surface area contributed by atoms with Crippen molar-refractivity contribution in [3.05, 3.63) is 151 Å². The van der Waals surface area contributed by atoms with Gasteiger partial charge in [0.1, 0.15) is 23.0 Å². The topological polar surface area (TPSA) is 28.3 Å². The maximum absolute atomic E-state index is 8.88. The molecule has 0 saturated heterocycles. The zero-order valence-electron chi connectivity index (χ0n) is 33.0. The molecule has 9 aromatic rings. The normalized spacial score (nSPS) is 13.8. The van der Waals surface area contributed by atoms with Gasteiger partial charge in [-0.1, -0.05) is 126 Å². The molecule has 4 heterocycles. The predicted molar refractivity (Wildman–Crippen MR) is 230 cm³/mol. The van der Waals surface area contributed by atoms with Gasteiger partial charge in [-0.05, 0) is 87.5 Å². The molecule has 2 aliphatic heterocycles. The second kappa shape index (κ2) is 11.2. The van der Waals surface area contributed by atoms with Gasteiger partial charge in [0.15, 0.2) is 0 Å². The lowest BCUT2D eigenvalue weighted by atomic mass is 9.34. The Balaban J connectivity index is 1.34. The fraction of sp³-hybridized carbons (Fsp3) is 0.160. The Morgan fingerprint density at radius 3 is 1.71 bits per heavy atom. The van der Waals surface area contributed by atoms with Crippen LogP contribution in [0, 0.1) is 0 Å². The third kappa shape index (κ3) is 4.59. The Labute approximate surface area is 323 Å². The average Bonchev–Trinajstić information content (AvgIpc) is 3.69. The van der Waals surface area contributed by atoms with Crippen LogP contribution in [0.1, 0.15) is 54.0 Å².